The van der Waals surface area contributed by atoms with E-state index in [1.54, 1.807) is 28.1 Å². The molecule has 0 aliphatic carbocycles. The van der Waals surface area contributed by atoms with E-state index >= 15 is 0 Å². The molecule has 0 aromatic carbocycles. The summed E-state index contributed by atoms with van der Waals surface area (Å²) in [4.78, 5) is 34.7. The fourth-order valence-corrected chi connectivity index (χ4v) is 4.11. The number of carbonyl (C=O) groups excluding carboxylic acids is 2. The van der Waals surface area contributed by atoms with Gasteiger partial charge in [-0.2, -0.15) is 0 Å². The van der Waals surface area contributed by atoms with Crippen LogP contribution in [0.2, 0.25) is 0 Å². The predicted molar refractivity (Wildman–Crippen MR) is 122 cm³/mol. The topological polar surface area (TPSA) is 88.4 Å². The normalized spacial score (nSPS) is 17.4. The zero-order valence-electron chi connectivity index (χ0n) is 19.3. The molecule has 2 aliphatic heterocycles. The number of amides is 2. The predicted octanol–water partition coefficient (Wildman–Crippen LogP) is 3.27. The van der Waals surface area contributed by atoms with E-state index in [4.69, 9.17) is 13.9 Å². The van der Waals surface area contributed by atoms with Crippen LogP contribution in [0, 0.1) is 5.92 Å². The molecule has 2 aliphatic rings. The van der Waals surface area contributed by atoms with Crippen molar-refractivity contribution in [3.63, 3.8) is 0 Å². The summed E-state index contributed by atoms with van der Waals surface area (Å²) in [6.45, 7) is 8.43. The lowest BCUT2D eigenvalue weighted by Gasteiger charge is -2.35. The van der Waals surface area contributed by atoms with Crippen LogP contribution in [0.1, 0.15) is 37.2 Å². The zero-order chi connectivity index (χ0) is 23.2. The summed E-state index contributed by atoms with van der Waals surface area (Å²) in [6.07, 6.45) is 4.76. The van der Waals surface area contributed by atoms with E-state index in [1.165, 1.54) is 6.26 Å². The second-order valence-electron chi connectivity index (χ2n) is 8.78. The molecule has 4 heterocycles. The molecular weight excluding hydrogens is 424 g/mol. The van der Waals surface area contributed by atoms with Crippen LogP contribution in [0.5, 0.6) is 5.75 Å². The van der Waals surface area contributed by atoms with Gasteiger partial charge in [0.2, 0.25) is 0 Å². The molecule has 0 atom stereocenters. The molecule has 178 valence electrons. The van der Waals surface area contributed by atoms with Crippen molar-refractivity contribution < 1.29 is 23.5 Å². The Bertz CT molecular complexity index is 899. The Kier molecular flexibility index (Phi) is 7.36. The summed E-state index contributed by atoms with van der Waals surface area (Å²) < 4.78 is 16.4. The van der Waals surface area contributed by atoms with Crippen LogP contribution in [-0.2, 0) is 4.74 Å². The Labute approximate surface area is 194 Å². The average molecular weight is 457 g/mol. The first kappa shape index (κ1) is 22.9. The number of piperazine rings is 1. The molecule has 0 saturated carbocycles. The number of aromatic nitrogens is 1. The minimum atomic E-state index is -0.227. The summed E-state index contributed by atoms with van der Waals surface area (Å²) in [5, 5.41) is 0. The molecule has 9 nitrogen and oxygen atoms in total. The summed E-state index contributed by atoms with van der Waals surface area (Å²) in [6, 6.07) is 7.32. The minimum Gasteiger partial charge on any atom is -0.492 e. The molecule has 4 rings (SSSR count). The van der Waals surface area contributed by atoms with Crippen LogP contribution < -0.4 is 9.64 Å². The third-order valence-corrected chi connectivity index (χ3v) is 6.04. The van der Waals surface area contributed by atoms with E-state index in [0.717, 1.165) is 37.5 Å². The molecule has 2 amide bonds. The number of rotatable bonds is 6. The largest absolute Gasteiger partial charge is 0.492 e. The Morgan fingerprint density at radius 1 is 1.06 bits per heavy atom. The van der Waals surface area contributed by atoms with Crippen molar-refractivity contribution in [2.24, 2.45) is 5.92 Å². The first-order valence-corrected chi connectivity index (χ1v) is 11.6. The molecule has 2 aromatic rings. The van der Waals surface area contributed by atoms with Gasteiger partial charge in [-0.05, 0) is 56.9 Å². The van der Waals surface area contributed by atoms with Gasteiger partial charge < -0.3 is 28.6 Å². The highest BCUT2D eigenvalue weighted by atomic mass is 16.6. The summed E-state index contributed by atoms with van der Waals surface area (Å²) >= 11 is 0. The number of pyridine rings is 1. The van der Waals surface area contributed by atoms with Gasteiger partial charge in [0, 0.05) is 39.3 Å². The van der Waals surface area contributed by atoms with E-state index in [2.05, 4.69) is 9.88 Å². The van der Waals surface area contributed by atoms with Gasteiger partial charge in [-0.15, -0.1) is 0 Å². The number of anilines is 1. The zero-order valence-corrected chi connectivity index (χ0v) is 19.3. The van der Waals surface area contributed by atoms with Crippen molar-refractivity contribution in [3.8, 4) is 5.75 Å². The van der Waals surface area contributed by atoms with Crippen LogP contribution in [-0.4, -0.2) is 78.8 Å². The molecule has 0 spiro atoms. The van der Waals surface area contributed by atoms with Crippen molar-refractivity contribution >= 4 is 17.8 Å². The highest BCUT2D eigenvalue weighted by Crippen LogP contribution is 2.22. The van der Waals surface area contributed by atoms with Crippen molar-refractivity contribution in [2.75, 3.05) is 50.8 Å². The molecule has 0 bridgehead atoms. The number of piperidine rings is 1. The van der Waals surface area contributed by atoms with Gasteiger partial charge in [-0.25, -0.2) is 9.78 Å². The van der Waals surface area contributed by atoms with Gasteiger partial charge in [-0.3, -0.25) is 4.79 Å². The smallest absolute Gasteiger partial charge is 0.410 e. The van der Waals surface area contributed by atoms with Gasteiger partial charge in [0.05, 0.1) is 25.2 Å². The Balaban J connectivity index is 1.19. The molecule has 0 N–H and O–H groups in total. The fraction of sp³-hybridized carbons (Fsp3) is 0.542. The van der Waals surface area contributed by atoms with E-state index in [-0.39, 0.29) is 18.1 Å². The third-order valence-electron chi connectivity index (χ3n) is 6.04. The standard InChI is InChI=1S/C24H32N4O5/c1-18(2)33-24(30)28-9-7-19(8-10-28)17-32-20-5-6-22(25-16-20)26-11-13-27(14-12-26)23(29)21-4-3-15-31-21/h3-6,15-16,18-19H,7-14,17H2,1-2H3. The van der Waals surface area contributed by atoms with E-state index in [9.17, 15) is 9.59 Å². The number of likely N-dealkylation sites (tertiary alicyclic amines) is 1. The monoisotopic (exact) mass is 456 g/mol. The quantitative estimate of drug-likeness (QED) is 0.659. The summed E-state index contributed by atoms with van der Waals surface area (Å²) in [5.74, 6) is 2.34. The maximum Gasteiger partial charge on any atom is 0.410 e. The van der Waals surface area contributed by atoms with E-state index in [1.807, 2.05) is 26.0 Å². The molecule has 0 unspecified atom stereocenters. The SMILES string of the molecule is CC(C)OC(=O)N1CCC(COc2ccc(N3CCN(C(=O)c4ccco4)CC3)nc2)CC1. The fourth-order valence-electron chi connectivity index (χ4n) is 4.11. The van der Waals surface area contributed by atoms with Crippen molar-refractivity contribution in [2.45, 2.75) is 32.8 Å². The number of carbonyl (C=O) groups is 2. The van der Waals surface area contributed by atoms with Crippen LogP contribution in [0.25, 0.3) is 0 Å². The lowest BCUT2D eigenvalue weighted by atomic mass is 9.98. The Morgan fingerprint density at radius 3 is 2.42 bits per heavy atom. The molecule has 0 radical (unpaired) electrons. The maximum absolute atomic E-state index is 12.4. The number of furan rings is 1. The minimum absolute atomic E-state index is 0.0704. The van der Waals surface area contributed by atoms with Gasteiger partial charge in [0.1, 0.15) is 11.6 Å². The Hall–Kier alpha value is -3.23. The summed E-state index contributed by atoms with van der Waals surface area (Å²) in [7, 11) is 0. The highest BCUT2D eigenvalue weighted by Gasteiger charge is 2.26. The summed E-state index contributed by atoms with van der Waals surface area (Å²) in [5.41, 5.74) is 0. The maximum atomic E-state index is 12.4. The van der Waals surface area contributed by atoms with Gasteiger partial charge in [0.25, 0.3) is 5.91 Å². The molecule has 2 aromatic heterocycles. The first-order chi connectivity index (χ1) is 16.0. The van der Waals surface area contributed by atoms with Crippen LogP contribution in [0.4, 0.5) is 10.6 Å². The second-order valence-corrected chi connectivity index (χ2v) is 8.78. The van der Waals surface area contributed by atoms with Crippen molar-refractivity contribution in [3.05, 3.63) is 42.5 Å². The van der Waals surface area contributed by atoms with Crippen molar-refractivity contribution in [1.82, 2.24) is 14.8 Å². The van der Waals surface area contributed by atoms with E-state index in [0.29, 0.717) is 44.5 Å². The lowest BCUT2D eigenvalue weighted by molar-refractivity contribution is 0.0608. The van der Waals surface area contributed by atoms with E-state index < -0.39 is 0 Å². The number of ether oxygens (including phenoxy) is 2. The van der Waals surface area contributed by atoms with Crippen LogP contribution in [0.3, 0.4) is 0 Å². The average Bonchev–Trinajstić information content (AvgIpc) is 3.38. The van der Waals surface area contributed by atoms with Crippen LogP contribution >= 0.6 is 0 Å². The molecule has 2 fully saturated rings. The van der Waals surface area contributed by atoms with Gasteiger partial charge in [-0.1, -0.05) is 0 Å². The molecule has 33 heavy (non-hydrogen) atoms. The number of nitrogens with zero attached hydrogens (tertiary/aromatic N) is 4. The Morgan fingerprint density at radius 2 is 1.82 bits per heavy atom. The second kappa shape index (κ2) is 10.6. The number of hydrogen-bond donors (Lipinski definition) is 0. The third kappa shape index (κ3) is 5.97. The van der Waals surface area contributed by atoms with Gasteiger partial charge in [0.15, 0.2) is 5.76 Å². The van der Waals surface area contributed by atoms with Gasteiger partial charge >= 0.3 is 6.09 Å². The van der Waals surface area contributed by atoms with Crippen molar-refractivity contribution in [1.29, 1.82) is 0 Å². The number of hydrogen-bond acceptors (Lipinski definition) is 7. The highest BCUT2D eigenvalue weighted by molar-refractivity contribution is 5.91. The molecular formula is C24H32N4O5. The molecule has 2 saturated heterocycles. The molecule has 9 heteroatoms. The lowest BCUT2D eigenvalue weighted by Crippen LogP contribution is -2.49. The van der Waals surface area contributed by atoms with Crippen LogP contribution in [0.15, 0.2) is 41.1 Å². The first-order valence-electron chi connectivity index (χ1n) is 11.6.